The van der Waals surface area contributed by atoms with E-state index >= 15 is 0 Å². The topological polar surface area (TPSA) is 26.3 Å². The molecule has 0 fully saturated rings. The Morgan fingerprint density at radius 1 is 1.00 bits per heavy atom. The Morgan fingerprint density at radius 3 is 2.06 bits per heavy atom. The van der Waals surface area contributed by atoms with Gasteiger partial charge in [-0.05, 0) is 26.7 Å². The van der Waals surface area contributed by atoms with Gasteiger partial charge < -0.3 is 4.74 Å². The first-order chi connectivity index (χ1) is 7.60. The molecular formula is C14H28O2. The second-order valence-corrected chi connectivity index (χ2v) is 4.84. The summed E-state index contributed by atoms with van der Waals surface area (Å²) in [6, 6.07) is 0. The molecule has 0 aliphatic heterocycles. The van der Waals surface area contributed by atoms with Crippen molar-refractivity contribution in [3.8, 4) is 0 Å². The fourth-order valence-corrected chi connectivity index (χ4v) is 1.97. The quantitative estimate of drug-likeness (QED) is 0.434. The van der Waals surface area contributed by atoms with E-state index in [1.165, 1.54) is 12.8 Å². The molecule has 0 N–H and O–H groups in total. The van der Waals surface area contributed by atoms with Crippen LogP contribution in [0.3, 0.4) is 0 Å². The standard InChI is InChI=1S/C14H28O2/c1-5-8-10-12-14(4,11-9-6-2)13(15)16-7-3/h5-12H2,1-4H3. The molecule has 0 radical (unpaired) electrons. The molecule has 0 rings (SSSR count). The maximum atomic E-state index is 11.9. The monoisotopic (exact) mass is 228 g/mol. The number of carbonyl (C=O) groups is 1. The molecule has 2 heteroatoms. The summed E-state index contributed by atoms with van der Waals surface area (Å²) in [7, 11) is 0. The lowest BCUT2D eigenvalue weighted by atomic mass is 9.80. The van der Waals surface area contributed by atoms with Crippen LogP contribution in [0.2, 0.25) is 0 Å². The first-order valence-corrected chi connectivity index (χ1v) is 6.78. The van der Waals surface area contributed by atoms with Crippen LogP contribution in [-0.2, 0) is 9.53 Å². The minimum absolute atomic E-state index is 0.000414. The minimum Gasteiger partial charge on any atom is -0.466 e. The molecule has 0 heterocycles. The zero-order valence-corrected chi connectivity index (χ0v) is 11.5. The van der Waals surface area contributed by atoms with Gasteiger partial charge in [0.05, 0.1) is 12.0 Å². The number of unbranched alkanes of at least 4 members (excludes halogenated alkanes) is 3. The van der Waals surface area contributed by atoms with E-state index in [1.54, 1.807) is 0 Å². The molecule has 1 unspecified atom stereocenters. The third kappa shape index (κ3) is 5.53. The van der Waals surface area contributed by atoms with Crippen molar-refractivity contribution in [1.29, 1.82) is 0 Å². The van der Waals surface area contributed by atoms with Gasteiger partial charge in [-0.15, -0.1) is 0 Å². The van der Waals surface area contributed by atoms with Crippen molar-refractivity contribution in [2.45, 2.75) is 72.6 Å². The largest absolute Gasteiger partial charge is 0.466 e. The normalized spacial score (nSPS) is 14.5. The first-order valence-electron chi connectivity index (χ1n) is 6.78. The van der Waals surface area contributed by atoms with Crippen LogP contribution in [0.25, 0.3) is 0 Å². The van der Waals surface area contributed by atoms with Crippen molar-refractivity contribution in [3.63, 3.8) is 0 Å². The molecule has 96 valence electrons. The SMILES string of the molecule is CCCCCC(C)(CCCC)C(=O)OCC. The molecule has 16 heavy (non-hydrogen) atoms. The average molecular weight is 228 g/mol. The van der Waals surface area contributed by atoms with Crippen molar-refractivity contribution in [1.82, 2.24) is 0 Å². The molecule has 0 aromatic rings. The van der Waals surface area contributed by atoms with E-state index in [-0.39, 0.29) is 11.4 Å². The highest BCUT2D eigenvalue weighted by Gasteiger charge is 2.33. The third-order valence-corrected chi connectivity index (χ3v) is 3.18. The predicted octanol–water partition coefficient (Wildman–Crippen LogP) is 4.33. The predicted molar refractivity (Wildman–Crippen MR) is 68.4 cm³/mol. The van der Waals surface area contributed by atoms with Gasteiger partial charge in [-0.3, -0.25) is 4.79 Å². The first kappa shape index (κ1) is 15.5. The van der Waals surface area contributed by atoms with Crippen molar-refractivity contribution >= 4 is 5.97 Å². The summed E-state index contributed by atoms with van der Waals surface area (Å²) in [6.07, 6.45) is 7.74. The highest BCUT2D eigenvalue weighted by molar-refractivity contribution is 5.76. The van der Waals surface area contributed by atoms with Gasteiger partial charge in [0.1, 0.15) is 0 Å². The van der Waals surface area contributed by atoms with Crippen LogP contribution in [0.1, 0.15) is 72.6 Å². The molecule has 2 nitrogen and oxygen atoms in total. The summed E-state index contributed by atoms with van der Waals surface area (Å²) in [4.78, 5) is 11.9. The van der Waals surface area contributed by atoms with Crippen LogP contribution in [-0.4, -0.2) is 12.6 Å². The van der Waals surface area contributed by atoms with Gasteiger partial charge in [0.25, 0.3) is 0 Å². The number of ether oxygens (including phenoxy) is 1. The van der Waals surface area contributed by atoms with E-state index < -0.39 is 0 Å². The minimum atomic E-state index is -0.249. The number of esters is 1. The Morgan fingerprint density at radius 2 is 1.56 bits per heavy atom. The summed E-state index contributed by atoms with van der Waals surface area (Å²) in [5.41, 5.74) is -0.249. The summed E-state index contributed by atoms with van der Waals surface area (Å²) in [5, 5.41) is 0. The highest BCUT2D eigenvalue weighted by Crippen LogP contribution is 2.32. The zero-order valence-electron chi connectivity index (χ0n) is 11.5. The zero-order chi connectivity index (χ0) is 12.4. The molecule has 0 bridgehead atoms. The van der Waals surface area contributed by atoms with Crippen LogP contribution in [0, 0.1) is 5.41 Å². The molecule has 1 atom stereocenters. The van der Waals surface area contributed by atoms with Crippen LogP contribution < -0.4 is 0 Å². The molecule has 0 spiro atoms. The summed E-state index contributed by atoms with van der Waals surface area (Å²) in [5.74, 6) is -0.000414. The van der Waals surface area contributed by atoms with E-state index in [2.05, 4.69) is 20.8 Å². The van der Waals surface area contributed by atoms with E-state index in [4.69, 9.17) is 4.74 Å². The van der Waals surface area contributed by atoms with Crippen molar-refractivity contribution in [3.05, 3.63) is 0 Å². The maximum absolute atomic E-state index is 11.9. The Kier molecular flexibility index (Phi) is 8.32. The van der Waals surface area contributed by atoms with Gasteiger partial charge in [0.2, 0.25) is 0 Å². The highest BCUT2D eigenvalue weighted by atomic mass is 16.5. The molecule has 0 aromatic carbocycles. The molecule has 0 saturated carbocycles. The van der Waals surface area contributed by atoms with Gasteiger partial charge in [0.15, 0.2) is 0 Å². The molecule has 0 saturated heterocycles. The third-order valence-electron chi connectivity index (χ3n) is 3.18. The second-order valence-electron chi connectivity index (χ2n) is 4.84. The van der Waals surface area contributed by atoms with Crippen molar-refractivity contribution < 1.29 is 9.53 Å². The van der Waals surface area contributed by atoms with E-state index in [0.717, 1.165) is 32.1 Å². The van der Waals surface area contributed by atoms with Gasteiger partial charge in [-0.1, -0.05) is 46.0 Å². The molecule has 0 aromatic heterocycles. The smallest absolute Gasteiger partial charge is 0.311 e. The van der Waals surface area contributed by atoms with Gasteiger partial charge in [-0.25, -0.2) is 0 Å². The maximum Gasteiger partial charge on any atom is 0.311 e. The van der Waals surface area contributed by atoms with Crippen LogP contribution in [0.15, 0.2) is 0 Å². The summed E-state index contributed by atoms with van der Waals surface area (Å²) < 4.78 is 5.20. The Hall–Kier alpha value is -0.530. The Labute approximate surface area is 101 Å². The number of rotatable bonds is 9. The fourth-order valence-electron chi connectivity index (χ4n) is 1.97. The van der Waals surface area contributed by atoms with Gasteiger partial charge in [-0.2, -0.15) is 0 Å². The number of hydrogen-bond acceptors (Lipinski definition) is 2. The Balaban J connectivity index is 4.28. The number of carbonyl (C=O) groups excluding carboxylic acids is 1. The fraction of sp³-hybridized carbons (Fsp3) is 0.929. The van der Waals surface area contributed by atoms with E-state index in [0.29, 0.717) is 6.61 Å². The second kappa shape index (κ2) is 8.60. The molecule has 0 amide bonds. The van der Waals surface area contributed by atoms with Crippen molar-refractivity contribution in [2.75, 3.05) is 6.61 Å². The lowest BCUT2D eigenvalue weighted by Crippen LogP contribution is -2.30. The van der Waals surface area contributed by atoms with Gasteiger partial charge in [0, 0.05) is 0 Å². The van der Waals surface area contributed by atoms with Crippen LogP contribution in [0.5, 0.6) is 0 Å². The summed E-state index contributed by atoms with van der Waals surface area (Å²) >= 11 is 0. The van der Waals surface area contributed by atoms with E-state index in [9.17, 15) is 4.79 Å². The van der Waals surface area contributed by atoms with Gasteiger partial charge >= 0.3 is 5.97 Å². The lowest BCUT2D eigenvalue weighted by molar-refractivity contribution is -0.155. The van der Waals surface area contributed by atoms with E-state index in [1.807, 2.05) is 6.92 Å². The lowest BCUT2D eigenvalue weighted by Gasteiger charge is -2.27. The number of hydrogen-bond donors (Lipinski definition) is 0. The molecular weight excluding hydrogens is 200 g/mol. The van der Waals surface area contributed by atoms with Crippen LogP contribution in [0.4, 0.5) is 0 Å². The van der Waals surface area contributed by atoms with Crippen molar-refractivity contribution in [2.24, 2.45) is 5.41 Å². The molecule has 0 aliphatic carbocycles. The molecule has 0 aliphatic rings. The average Bonchev–Trinajstić information content (AvgIpc) is 2.27. The Bertz CT molecular complexity index is 189. The summed E-state index contributed by atoms with van der Waals surface area (Å²) in [6.45, 7) is 8.79. The van der Waals surface area contributed by atoms with Crippen LogP contribution >= 0.6 is 0 Å².